The number of carbonyl (C=O) groups is 1. The monoisotopic (exact) mass is 326 g/mol. The Bertz CT molecular complexity index is 853. The first-order valence-electron chi connectivity index (χ1n) is 6.88. The van der Waals surface area contributed by atoms with E-state index >= 15 is 0 Å². The molecule has 0 fully saturated rings. The van der Waals surface area contributed by atoms with Gasteiger partial charge in [0.2, 0.25) is 5.75 Å². The van der Waals surface area contributed by atoms with Gasteiger partial charge in [-0.3, -0.25) is 4.79 Å². The summed E-state index contributed by atoms with van der Waals surface area (Å²) >= 11 is 1.48. The second-order valence-corrected chi connectivity index (χ2v) is 5.85. The summed E-state index contributed by atoms with van der Waals surface area (Å²) in [5, 5.41) is 21.1. The molecule has 0 spiro atoms. The predicted octanol–water partition coefficient (Wildman–Crippen LogP) is 4.07. The molecule has 5 heteroatoms. The van der Waals surface area contributed by atoms with Crippen molar-refractivity contribution >= 4 is 17.1 Å². The summed E-state index contributed by atoms with van der Waals surface area (Å²) in [6, 6.07) is 14.3. The number of hydrogen-bond donors (Lipinski definition) is 2. The summed E-state index contributed by atoms with van der Waals surface area (Å²) in [4.78, 5) is 13.6. The van der Waals surface area contributed by atoms with Gasteiger partial charge in [-0.1, -0.05) is 30.3 Å². The van der Waals surface area contributed by atoms with Crippen LogP contribution in [0.3, 0.4) is 0 Å². The highest BCUT2D eigenvalue weighted by atomic mass is 32.1. The number of benzene rings is 2. The molecule has 23 heavy (non-hydrogen) atoms. The van der Waals surface area contributed by atoms with Crippen LogP contribution in [0.15, 0.2) is 53.9 Å². The Hall–Kier alpha value is -2.79. The fourth-order valence-corrected chi connectivity index (χ4v) is 3.15. The summed E-state index contributed by atoms with van der Waals surface area (Å²) in [6.45, 7) is 0. The van der Waals surface area contributed by atoms with Gasteiger partial charge < -0.3 is 14.9 Å². The predicted molar refractivity (Wildman–Crippen MR) is 89.5 cm³/mol. The van der Waals surface area contributed by atoms with Gasteiger partial charge in [-0.2, -0.15) is 0 Å². The van der Waals surface area contributed by atoms with Crippen LogP contribution in [0.1, 0.15) is 15.9 Å². The molecule has 0 saturated heterocycles. The molecule has 0 saturated carbocycles. The van der Waals surface area contributed by atoms with Crippen LogP contribution in [-0.2, 0) is 0 Å². The van der Waals surface area contributed by atoms with Gasteiger partial charge in [-0.15, -0.1) is 11.3 Å². The first-order chi connectivity index (χ1) is 11.1. The van der Waals surface area contributed by atoms with Crippen molar-refractivity contribution < 1.29 is 19.7 Å². The Morgan fingerprint density at radius 2 is 1.78 bits per heavy atom. The normalized spacial score (nSPS) is 10.5. The van der Waals surface area contributed by atoms with Gasteiger partial charge in [0.05, 0.1) is 7.11 Å². The molecular weight excluding hydrogens is 312 g/mol. The fraction of sp³-hybridized carbons (Fsp3) is 0.0556. The fourth-order valence-electron chi connectivity index (χ4n) is 2.26. The van der Waals surface area contributed by atoms with E-state index in [-0.39, 0.29) is 28.6 Å². The maximum absolute atomic E-state index is 12.6. The zero-order chi connectivity index (χ0) is 16.4. The molecule has 0 aliphatic carbocycles. The quantitative estimate of drug-likeness (QED) is 0.560. The first-order valence-corrected chi connectivity index (χ1v) is 7.76. The number of carbonyl (C=O) groups excluding carboxylic acids is 1. The van der Waals surface area contributed by atoms with Gasteiger partial charge in [-0.05, 0) is 23.8 Å². The molecule has 3 aromatic rings. The van der Waals surface area contributed by atoms with E-state index in [1.807, 2.05) is 36.4 Å². The van der Waals surface area contributed by atoms with E-state index in [0.29, 0.717) is 5.56 Å². The summed E-state index contributed by atoms with van der Waals surface area (Å²) in [7, 11) is 1.36. The standard InChI is InChI=1S/C18H14O4S/c1-22-15-8-12(7-14(19)18(15)21)17(20)13-9-16(23-10-13)11-5-3-2-4-6-11/h2-10,19,21H,1H3. The highest BCUT2D eigenvalue weighted by Gasteiger charge is 2.17. The van der Waals surface area contributed by atoms with E-state index < -0.39 is 0 Å². The van der Waals surface area contributed by atoms with Gasteiger partial charge in [0.25, 0.3) is 0 Å². The van der Waals surface area contributed by atoms with Crippen molar-refractivity contribution in [2.75, 3.05) is 7.11 Å². The van der Waals surface area contributed by atoms with E-state index in [9.17, 15) is 15.0 Å². The molecule has 0 bridgehead atoms. The molecule has 0 radical (unpaired) electrons. The lowest BCUT2D eigenvalue weighted by Crippen LogP contribution is -2.00. The molecule has 2 N–H and O–H groups in total. The Morgan fingerprint density at radius 3 is 2.48 bits per heavy atom. The Balaban J connectivity index is 1.96. The summed E-state index contributed by atoms with van der Waals surface area (Å²) in [6.07, 6.45) is 0. The second kappa shape index (κ2) is 6.14. The average molecular weight is 326 g/mol. The highest BCUT2D eigenvalue weighted by molar-refractivity contribution is 7.13. The molecule has 116 valence electrons. The number of hydrogen-bond acceptors (Lipinski definition) is 5. The third-order valence-corrected chi connectivity index (χ3v) is 4.44. The number of ketones is 1. The van der Waals surface area contributed by atoms with Crippen molar-refractivity contribution in [3.8, 4) is 27.7 Å². The highest BCUT2D eigenvalue weighted by Crippen LogP contribution is 2.37. The summed E-state index contributed by atoms with van der Waals surface area (Å²) in [5.41, 5.74) is 1.83. The molecule has 0 aliphatic heterocycles. The van der Waals surface area contributed by atoms with Crippen LogP contribution in [0.2, 0.25) is 0 Å². The smallest absolute Gasteiger partial charge is 0.200 e. The minimum Gasteiger partial charge on any atom is -0.504 e. The van der Waals surface area contributed by atoms with E-state index in [2.05, 4.69) is 0 Å². The molecule has 0 unspecified atom stereocenters. The number of rotatable bonds is 4. The molecule has 2 aromatic carbocycles. The van der Waals surface area contributed by atoms with Crippen molar-refractivity contribution in [2.45, 2.75) is 0 Å². The van der Waals surface area contributed by atoms with Crippen molar-refractivity contribution in [1.29, 1.82) is 0 Å². The van der Waals surface area contributed by atoms with E-state index in [4.69, 9.17) is 4.74 Å². The number of thiophene rings is 1. The van der Waals surface area contributed by atoms with Crippen LogP contribution in [0.4, 0.5) is 0 Å². The van der Waals surface area contributed by atoms with Crippen LogP contribution in [0, 0.1) is 0 Å². The van der Waals surface area contributed by atoms with Gasteiger partial charge in [0.1, 0.15) is 0 Å². The number of phenols is 2. The third-order valence-electron chi connectivity index (χ3n) is 3.46. The minimum absolute atomic E-state index is 0.0619. The van der Waals surface area contributed by atoms with Crippen molar-refractivity contribution in [3.05, 3.63) is 65.0 Å². The van der Waals surface area contributed by atoms with Crippen LogP contribution in [-0.4, -0.2) is 23.1 Å². The molecular formula is C18H14O4S. The Morgan fingerprint density at radius 1 is 1.04 bits per heavy atom. The summed E-state index contributed by atoms with van der Waals surface area (Å²) in [5.74, 6) is -0.936. The van der Waals surface area contributed by atoms with Crippen LogP contribution in [0.25, 0.3) is 10.4 Å². The maximum atomic E-state index is 12.6. The maximum Gasteiger partial charge on any atom is 0.200 e. The number of methoxy groups -OCH3 is 1. The second-order valence-electron chi connectivity index (χ2n) is 4.94. The summed E-state index contributed by atoms with van der Waals surface area (Å²) < 4.78 is 4.97. The van der Waals surface area contributed by atoms with Crippen molar-refractivity contribution in [3.63, 3.8) is 0 Å². The number of phenolic OH excluding ortho intramolecular Hbond substituents is 2. The van der Waals surface area contributed by atoms with E-state index in [1.165, 1.54) is 30.6 Å². The molecule has 1 aromatic heterocycles. The Labute approximate surface area is 137 Å². The van der Waals surface area contributed by atoms with Gasteiger partial charge >= 0.3 is 0 Å². The molecule has 0 amide bonds. The molecule has 4 nitrogen and oxygen atoms in total. The van der Waals surface area contributed by atoms with Crippen molar-refractivity contribution in [2.24, 2.45) is 0 Å². The lowest BCUT2D eigenvalue weighted by molar-refractivity contribution is 0.103. The molecule has 3 rings (SSSR count). The Kier molecular flexibility index (Phi) is 4.04. The SMILES string of the molecule is COc1cc(C(=O)c2csc(-c3ccccc3)c2)cc(O)c1O. The van der Waals surface area contributed by atoms with E-state index in [1.54, 1.807) is 5.38 Å². The van der Waals surface area contributed by atoms with Crippen LogP contribution < -0.4 is 4.74 Å². The van der Waals surface area contributed by atoms with Crippen LogP contribution >= 0.6 is 11.3 Å². The molecule has 0 aliphatic rings. The molecule has 0 atom stereocenters. The minimum atomic E-state index is -0.383. The van der Waals surface area contributed by atoms with E-state index in [0.717, 1.165) is 10.4 Å². The van der Waals surface area contributed by atoms with Crippen molar-refractivity contribution in [1.82, 2.24) is 0 Å². The number of aromatic hydroxyl groups is 2. The first kappa shape index (κ1) is 15.1. The largest absolute Gasteiger partial charge is 0.504 e. The lowest BCUT2D eigenvalue weighted by atomic mass is 10.0. The zero-order valence-electron chi connectivity index (χ0n) is 12.3. The lowest BCUT2D eigenvalue weighted by Gasteiger charge is -2.07. The topological polar surface area (TPSA) is 66.8 Å². The number of ether oxygens (including phenoxy) is 1. The van der Waals surface area contributed by atoms with Gasteiger partial charge in [-0.25, -0.2) is 0 Å². The third kappa shape index (κ3) is 2.91. The zero-order valence-corrected chi connectivity index (χ0v) is 13.1. The molecule has 1 heterocycles. The van der Waals surface area contributed by atoms with Gasteiger partial charge in [0, 0.05) is 21.4 Å². The van der Waals surface area contributed by atoms with Gasteiger partial charge in [0.15, 0.2) is 17.3 Å². The average Bonchev–Trinajstić information content (AvgIpc) is 3.07. The van der Waals surface area contributed by atoms with Crippen LogP contribution in [0.5, 0.6) is 17.2 Å².